The highest BCUT2D eigenvalue weighted by Crippen LogP contribution is 2.40. The summed E-state index contributed by atoms with van der Waals surface area (Å²) in [6.07, 6.45) is 4.24. The van der Waals surface area contributed by atoms with E-state index in [4.69, 9.17) is 18.9 Å². The van der Waals surface area contributed by atoms with Crippen LogP contribution in [0.3, 0.4) is 0 Å². The maximum Gasteiger partial charge on any atom is 0.253 e. The zero-order chi connectivity index (χ0) is 24.6. The molecule has 0 unspecified atom stereocenters. The average Bonchev–Trinajstić information content (AvgIpc) is 3.42. The highest BCUT2D eigenvalue weighted by molar-refractivity contribution is 6.12. The van der Waals surface area contributed by atoms with Gasteiger partial charge in [-0.25, -0.2) is 0 Å². The maximum atomic E-state index is 11.5. The number of ether oxygens (including phenoxy) is 4. The number of hydrogen-bond acceptors (Lipinski definition) is 7. The van der Waals surface area contributed by atoms with Crippen LogP contribution in [-0.2, 0) is 35.0 Å². The number of hydrogen-bond donors (Lipinski definition) is 0. The molecule has 9 heteroatoms. The van der Waals surface area contributed by atoms with Gasteiger partial charge in [-0.3, -0.25) is 19.3 Å². The summed E-state index contributed by atoms with van der Waals surface area (Å²) in [4.78, 5) is 37.2. The quantitative estimate of drug-likeness (QED) is 0.231. The molecule has 3 amide bonds. The lowest BCUT2D eigenvalue weighted by Gasteiger charge is -2.17. The Morgan fingerprint density at radius 3 is 2.26 bits per heavy atom. The molecule has 0 aromatic heterocycles. The largest absolute Gasteiger partial charge is 0.490 e. The number of benzene rings is 2. The number of fused-ring (bicyclic) bond motifs is 3. The standard InChI is InChI=1S/C26H30N2O7/c1-19-3-2-4-21-23(17-22-20(26(19)21)7-8-27(22)18-29)35-16-15-34-14-13-33-12-11-32-10-9-28-24(30)5-6-25(28)31/h2-6,17-18H,7-16H2,1H3. The van der Waals surface area contributed by atoms with Crippen LogP contribution in [0.25, 0.3) is 10.8 Å². The summed E-state index contributed by atoms with van der Waals surface area (Å²) in [5.41, 5.74) is 3.29. The van der Waals surface area contributed by atoms with Crippen LogP contribution in [0.2, 0.25) is 0 Å². The minimum atomic E-state index is -0.307. The van der Waals surface area contributed by atoms with Gasteiger partial charge in [-0.05, 0) is 29.9 Å². The molecule has 2 aliphatic heterocycles. The number of aryl methyl sites for hydroxylation is 1. The third-order valence-corrected chi connectivity index (χ3v) is 6.05. The Bertz CT molecular complexity index is 1100. The Morgan fingerprint density at radius 2 is 1.57 bits per heavy atom. The van der Waals surface area contributed by atoms with Crippen molar-refractivity contribution < 1.29 is 33.3 Å². The molecular formula is C26H30N2O7. The van der Waals surface area contributed by atoms with Crippen molar-refractivity contribution >= 4 is 34.7 Å². The summed E-state index contributed by atoms with van der Waals surface area (Å²) in [7, 11) is 0. The minimum absolute atomic E-state index is 0.236. The first-order chi connectivity index (χ1) is 17.1. The number of imide groups is 1. The Balaban J connectivity index is 1.12. The van der Waals surface area contributed by atoms with Crippen LogP contribution in [0.1, 0.15) is 11.1 Å². The second-order valence-corrected chi connectivity index (χ2v) is 8.27. The molecule has 0 saturated carbocycles. The Hall–Kier alpha value is -3.27. The van der Waals surface area contributed by atoms with Gasteiger partial charge in [-0.15, -0.1) is 0 Å². The Kier molecular flexibility index (Phi) is 8.46. The second kappa shape index (κ2) is 11.9. The first kappa shape index (κ1) is 24.8. The summed E-state index contributed by atoms with van der Waals surface area (Å²) in [6, 6.07) is 8.10. The van der Waals surface area contributed by atoms with E-state index in [1.807, 2.05) is 12.1 Å². The smallest absolute Gasteiger partial charge is 0.253 e. The molecule has 2 aromatic rings. The molecule has 35 heavy (non-hydrogen) atoms. The van der Waals surface area contributed by atoms with Gasteiger partial charge in [-0.2, -0.15) is 0 Å². The number of nitrogens with zero attached hydrogens (tertiary/aromatic N) is 2. The third kappa shape index (κ3) is 5.87. The third-order valence-electron chi connectivity index (χ3n) is 6.05. The summed E-state index contributed by atoms with van der Waals surface area (Å²) < 4.78 is 22.5. The number of carbonyl (C=O) groups excluding carboxylic acids is 3. The molecule has 0 saturated heterocycles. The van der Waals surface area contributed by atoms with E-state index in [1.54, 1.807) is 4.90 Å². The number of rotatable bonds is 14. The zero-order valence-corrected chi connectivity index (χ0v) is 19.9. The topological polar surface area (TPSA) is 94.6 Å². The van der Waals surface area contributed by atoms with Gasteiger partial charge in [0, 0.05) is 30.1 Å². The van der Waals surface area contributed by atoms with Crippen LogP contribution in [0.15, 0.2) is 36.4 Å². The lowest BCUT2D eigenvalue weighted by atomic mass is 9.97. The molecule has 0 radical (unpaired) electrons. The SMILES string of the molecule is Cc1cccc2c(OCCOCCOCCOCCN3C(=O)C=CC3=O)cc3c(c12)CCN3C=O. The minimum Gasteiger partial charge on any atom is -0.490 e. The number of anilines is 1. The molecule has 4 rings (SSSR count). The Labute approximate surface area is 204 Å². The van der Waals surface area contributed by atoms with E-state index in [1.165, 1.54) is 23.3 Å². The predicted octanol–water partition coefficient (Wildman–Crippen LogP) is 2.02. The van der Waals surface area contributed by atoms with E-state index in [0.717, 1.165) is 39.9 Å². The van der Waals surface area contributed by atoms with Crippen LogP contribution in [0, 0.1) is 6.92 Å². The van der Waals surface area contributed by atoms with Gasteiger partial charge >= 0.3 is 0 Å². The molecule has 0 bridgehead atoms. The van der Waals surface area contributed by atoms with Gasteiger partial charge < -0.3 is 23.8 Å². The van der Waals surface area contributed by atoms with Crippen LogP contribution in [-0.4, -0.2) is 82.5 Å². The zero-order valence-electron chi connectivity index (χ0n) is 19.9. The van der Waals surface area contributed by atoms with E-state index in [9.17, 15) is 14.4 Å². The van der Waals surface area contributed by atoms with Crippen molar-refractivity contribution in [2.45, 2.75) is 13.3 Å². The van der Waals surface area contributed by atoms with E-state index in [2.05, 4.69) is 19.1 Å². The fraction of sp³-hybridized carbons (Fsp3) is 0.423. The predicted molar refractivity (Wildman–Crippen MR) is 130 cm³/mol. The summed E-state index contributed by atoms with van der Waals surface area (Å²) in [5.74, 6) is 0.137. The lowest BCUT2D eigenvalue weighted by molar-refractivity contribution is -0.137. The number of carbonyl (C=O) groups is 3. The van der Waals surface area contributed by atoms with Crippen LogP contribution >= 0.6 is 0 Å². The van der Waals surface area contributed by atoms with Gasteiger partial charge in [0.15, 0.2) is 0 Å². The summed E-state index contributed by atoms with van der Waals surface area (Å²) >= 11 is 0. The molecule has 2 heterocycles. The second-order valence-electron chi connectivity index (χ2n) is 8.27. The molecule has 0 N–H and O–H groups in total. The molecule has 0 fully saturated rings. The van der Waals surface area contributed by atoms with E-state index >= 15 is 0 Å². The van der Waals surface area contributed by atoms with Crippen molar-refractivity contribution in [1.29, 1.82) is 0 Å². The molecule has 2 aliphatic rings. The van der Waals surface area contributed by atoms with E-state index in [-0.39, 0.29) is 25.0 Å². The van der Waals surface area contributed by atoms with Crippen molar-refractivity contribution in [2.24, 2.45) is 0 Å². The summed E-state index contributed by atoms with van der Waals surface area (Å²) in [5, 5.41) is 2.21. The fourth-order valence-corrected chi connectivity index (χ4v) is 4.34. The highest BCUT2D eigenvalue weighted by atomic mass is 16.6. The van der Waals surface area contributed by atoms with E-state index < -0.39 is 0 Å². The van der Waals surface area contributed by atoms with E-state index in [0.29, 0.717) is 46.2 Å². The molecule has 2 aromatic carbocycles. The maximum absolute atomic E-state index is 11.5. The van der Waals surface area contributed by atoms with Crippen LogP contribution < -0.4 is 9.64 Å². The van der Waals surface area contributed by atoms with Gasteiger partial charge in [0.2, 0.25) is 6.41 Å². The van der Waals surface area contributed by atoms with Crippen molar-refractivity contribution in [3.8, 4) is 5.75 Å². The van der Waals surface area contributed by atoms with Crippen molar-refractivity contribution in [1.82, 2.24) is 4.90 Å². The summed E-state index contributed by atoms with van der Waals surface area (Å²) in [6.45, 7) is 5.69. The molecule has 0 aliphatic carbocycles. The Morgan fingerprint density at radius 1 is 0.914 bits per heavy atom. The molecule has 0 atom stereocenters. The lowest BCUT2D eigenvalue weighted by Crippen LogP contribution is -2.33. The van der Waals surface area contributed by atoms with Crippen LogP contribution in [0.4, 0.5) is 5.69 Å². The van der Waals surface area contributed by atoms with Gasteiger partial charge in [0.25, 0.3) is 11.8 Å². The normalized spacial score (nSPS) is 14.9. The van der Waals surface area contributed by atoms with Gasteiger partial charge in [0.1, 0.15) is 12.4 Å². The molecular weight excluding hydrogens is 452 g/mol. The van der Waals surface area contributed by atoms with Crippen molar-refractivity contribution in [2.75, 3.05) is 64.2 Å². The monoisotopic (exact) mass is 482 g/mol. The molecule has 0 spiro atoms. The van der Waals surface area contributed by atoms with Crippen molar-refractivity contribution in [3.05, 3.63) is 47.5 Å². The first-order valence-corrected chi connectivity index (χ1v) is 11.8. The average molecular weight is 483 g/mol. The van der Waals surface area contributed by atoms with Gasteiger partial charge in [0.05, 0.1) is 51.9 Å². The van der Waals surface area contributed by atoms with Crippen LogP contribution in [0.5, 0.6) is 5.75 Å². The highest BCUT2D eigenvalue weighted by Gasteiger charge is 2.24. The number of amides is 3. The molecule has 9 nitrogen and oxygen atoms in total. The first-order valence-electron chi connectivity index (χ1n) is 11.8. The fourth-order valence-electron chi connectivity index (χ4n) is 4.34. The molecule has 186 valence electrons. The van der Waals surface area contributed by atoms with Crippen molar-refractivity contribution in [3.63, 3.8) is 0 Å². The van der Waals surface area contributed by atoms with Gasteiger partial charge in [-0.1, -0.05) is 18.2 Å².